The number of aryl methyl sites for hydroxylation is 6. The molecule has 3 aromatic heterocycles. The number of ether oxygens (including phenoxy) is 1. The predicted octanol–water partition coefficient (Wildman–Crippen LogP) is 8.64. The Balaban J connectivity index is 0.00000182. The van der Waals surface area contributed by atoms with Crippen molar-refractivity contribution in [1.29, 1.82) is 0 Å². The van der Waals surface area contributed by atoms with Crippen LogP contribution < -0.4 is 25.6 Å². The molecule has 5 aromatic rings. The Morgan fingerprint density at radius 3 is 2.22 bits per heavy atom. The SMILES string of the molecule is CC.CC.Cc1cc(OCCCC2c3ccc(Cl)c(-c4c(C)nc(CNCCNC=O)nc4C)c3N(CCNC=O)C2c2cn(C)c3c2CC(c2ncn(C)n2)C=C3)cc(C)c1Cl. The summed E-state index contributed by atoms with van der Waals surface area (Å²) in [6, 6.07) is 8.07. The molecule has 0 spiro atoms. The smallest absolute Gasteiger partial charge is 0.207 e. The lowest BCUT2D eigenvalue weighted by molar-refractivity contribution is -0.110. The number of benzene rings is 2. The van der Waals surface area contributed by atoms with Crippen molar-refractivity contribution in [3.63, 3.8) is 0 Å². The summed E-state index contributed by atoms with van der Waals surface area (Å²) >= 11 is 13.8. The number of aromatic nitrogens is 6. The number of fused-ring (bicyclic) bond motifs is 2. The zero-order valence-corrected chi connectivity index (χ0v) is 40.0. The van der Waals surface area contributed by atoms with E-state index in [1.165, 1.54) is 16.7 Å². The Hall–Kier alpha value is -5.24. The van der Waals surface area contributed by atoms with Crippen LogP contribution in [0, 0.1) is 27.7 Å². The number of rotatable bonds is 18. The highest BCUT2D eigenvalue weighted by atomic mass is 35.5. The first-order valence-electron chi connectivity index (χ1n) is 22.1. The Kier molecular flexibility index (Phi) is 17.7. The third kappa shape index (κ3) is 10.9. The maximum absolute atomic E-state index is 11.7. The van der Waals surface area contributed by atoms with Gasteiger partial charge < -0.3 is 30.2 Å². The van der Waals surface area contributed by atoms with Gasteiger partial charge in [0.2, 0.25) is 12.8 Å². The van der Waals surface area contributed by atoms with Crippen LogP contribution in [0.3, 0.4) is 0 Å². The maximum Gasteiger partial charge on any atom is 0.207 e. The predicted molar refractivity (Wildman–Crippen MR) is 255 cm³/mol. The van der Waals surface area contributed by atoms with Crippen LogP contribution in [0.1, 0.15) is 115 Å². The molecule has 1 aliphatic heterocycles. The third-order valence-electron chi connectivity index (χ3n) is 11.4. The van der Waals surface area contributed by atoms with Gasteiger partial charge in [0.15, 0.2) is 5.82 Å². The van der Waals surface area contributed by atoms with E-state index in [0.29, 0.717) is 56.6 Å². The van der Waals surface area contributed by atoms with Crippen LogP contribution in [0.15, 0.2) is 42.9 Å². The standard InChI is InChI=1S/C44H52Cl2N10O3.2C2H6/c1-26-18-31(19-27(2)41(26)46)59-17-7-8-32-33-10-11-36(45)40(39-28(3)51-38(52-29(39)4)21-47-13-14-48-24-57)43(33)56(16-15-49-25-58)42(32)35-22-54(5)37-12-9-30(20-34(35)37)44-50-23-55(6)53-44;2*1-2/h9-12,18-19,22-25,30,32,42,47H,7-8,13-17,20-21H2,1-6H3,(H,48,57)(H,49,58);2*1-2H3. The van der Waals surface area contributed by atoms with Gasteiger partial charge in [-0.3, -0.25) is 14.3 Å². The Bertz CT molecular complexity index is 2330. The van der Waals surface area contributed by atoms with Gasteiger partial charge in [0.05, 0.1) is 29.9 Å². The summed E-state index contributed by atoms with van der Waals surface area (Å²) in [5.41, 5.74) is 11.2. The molecule has 13 nitrogen and oxygen atoms in total. The van der Waals surface area contributed by atoms with E-state index in [-0.39, 0.29) is 17.9 Å². The number of nitrogens with one attached hydrogen (secondary N) is 3. The molecule has 1 aliphatic carbocycles. The van der Waals surface area contributed by atoms with Crippen LogP contribution in [-0.2, 0) is 36.6 Å². The molecule has 3 atom stereocenters. The van der Waals surface area contributed by atoms with Crippen molar-refractivity contribution in [2.24, 2.45) is 14.1 Å². The summed E-state index contributed by atoms with van der Waals surface area (Å²) < 4.78 is 10.3. The minimum atomic E-state index is -0.0977. The molecule has 3 unspecified atom stereocenters. The number of hydrogen-bond acceptors (Lipinski definition) is 9. The average molecular weight is 900 g/mol. The first kappa shape index (κ1) is 48.8. The van der Waals surface area contributed by atoms with Crippen molar-refractivity contribution in [2.45, 2.75) is 99.1 Å². The number of amides is 2. The molecule has 0 saturated heterocycles. The topological polar surface area (TPSA) is 144 Å². The van der Waals surface area contributed by atoms with Gasteiger partial charge in [-0.25, -0.2) is 15.0 Å². The van der Waals surface area contributed by atoms with Crippen molar-refractivity contribution >= 4 is 47.8 Å². The zero-order valence-electron chi connectivity index (χ0n) is 38.5. The summed E-state index contributed by atoms with van der Waals surface area (Å²) in [5, 5.41) is 14.9. The molecule has 338 valence electrons. The monoisotopic (exact) mass is 898 g/mol. The summed E-state index contributed by atoms with van der Waals surface area (Å²) in [4.78, 5) is 39.4. The van der Waals surface area contributed by atoms with E-state index in [4.69, 9.17) is 37.9 Å². The molecule has 0 bridgehead atoms. The fraction of sp³-hybridized carbons (Fsp3) is 0.458. The molecular weight excluding hydrogens is 836 g/mol. The molecule has 2 aliphatic rings. The first-order valence-corrected chi connectivity index (χ1v) is 22.9. The Morgan fingerprint density at radius 1 is 0.889 bits per heavy atom. The van der Waals surface area contributed by atoms with Gasteiger partial charge in [-0.1, -0.05) is 63.0 Å². The van der Waals surface area contributed by atoms with E-state index in [1.807, 2.05) is 80.6 Å². The van der Waals surface area contributed by atoms with Crippen LogP contribution in [0.5, 0.6) is 5.75 Å². The minimum Gasteiger partial charge on any atom is -0.494 e. The number of allylic oxidation sites excluding steroid dienone is 1. The van der Waals surface area contributed by atoms with Gasteiger partial charge in [0, 0.05) is 91.5 Å². The number of halogens is 2. The largest absolute Gasteiger partial charge is 0.494 e. The molecule has 0 fully saturated rings. The van der Waals surface area contributed by atoms with Gasteiger partial charge in [0.1, 0.15) is 17.9 Å². The van der Waals surface area contributed by atoms with E-state index in [0.717, 1.165) is 87.3 Å². The van der Waals surface area contributed by atoms with E-state index in [1.54, 1.807) is 11.0 Å². The van der Waals surface area contributed by atoms with Crippen molar-refractivity contribution in [1.82, 2.24) is 45.2 Å². The van der Waals surface area contributed by atoms with Crippen LogP contribution in [0.4, 0.5) is 5.69 Å². The van der Waals surface area contributed by atoms with E-state index >= 15 is 0 Å². The highest BCUT2D eigenvalue weighted by Gasteiger charge is 2.44. The molecule has 7 rings (SSSR count). The van der Waals surface area contributed by atoms with Crippen LogP contribution in [-0.4, -0.2) is 74.9 Å². The Labute approximate surface area is 383 Å². The molecule has 2 aromatic carbocycles. The highest BCUT2D eigenvalue weighted by Crippen LogP contribution is 2.57. The first-order chi connectivity index (χ1) is 30.5. The lowest BCUT2D eigenvalue weighted by Gasteiger charge is -2.33. The second kappa shape index (κ2) is 22.9. The minimum absolute atomic E-state index is 0.0266. The molecule has 3 N–H and O–H groups in total. The number of carbonyl (C=O) groups is 2. The van der Waals surface area contributed by atoms with Crippen LogP contribution >= 0.6 is 23.2 Å². The summed E-state index contributed by atoms with van der Waals surface area (Å²) in [6.45, 7) is 19.1. The van der Waals surface area contributed by atoms with Crippen LogP contribution in [0.25, 0.3) is 17.2 Å². The quantitative estimate of drug-likeness (QED) is 0.0582. The van der Waals surface area contributed by atoms with E-state index in [9.17, 15) is 9.59 Å². The lowest BCUT2D eigenvalue weighted by Crippen LogP contribution is -2.34. The second-order valence-electron chi connectivity index (χ2n) is 15.5. The number of anilines is 1. The average Bonchev–Trinajstić information content (AvgIpc) is 3.95. The summed E-state index contributed by atoms with van der Waals surface area (Å²) in [7, 11) is 4.00. The molecule has 0 radical (unpaired) electrons. The molecule has 2 amide bonds. The normalized spacial score (nSPS) is 16.0. The molecule has 15 heteroatoms. The fourth-order valence-electron chi connectivity index (χ4n) is 8.89. The Morgan fingerprint density at radius 2 is 1.57 bits per heavy atom. The maximum atomic E-state index is 11.7. The van der Waals surface area contributed by atoms with Gasteiger partial charge in [-0.05, 0) is 99.0 Å². The molecule has 4 heterocycles. The van der Waals surface area contributed by atoms with Crippen molar-refractivity contribution in [2.75, 3.05) is 37.7 Å². The molecule has 0 saturated carbocycles. The second-order valence-corrected chi connectivity index (χ2v) is 16.3. The summed E-state index contributed by atoms with van der Waals surface area (Å²) in [6.07, 6.45) is 12.2. The lowest BCUT2D eigenvalue weighted by atomic mass is 9.82. The highest BCUT2D eigenvalue weighted by molar-refractivity contribution is 6.34. The van der Waals surface area contributed by atoms with Gasteiger partial charge in [0.25, 0.3) is 0 Å². The molecular formula is C48H64Cl2N10O3. The van der Waals surface area contributed by atoms with Gasteiger partial charge in [-0.15, -0.1) is 0 Å². The van der Waals surface area contributed by atoms with Crippen molar-refractivity contribution < 1.29 is 14.3 Å². The summed E-state index contributed by atoms with van der Waals surface area (Å²) in [5.74, 6) is 2.34. The molecule has 63 heavy (non-hydrogen) atoms. The zero-order chi connectivity index (χ0) is 45.8. The van der Waals surface area contributed by atoms with Crippen molar-refractivity contribution in [3.05, 3.63) is 109 Å². The third-order valence-corrected chi connectivity index (χ3v) is 12.3. The van der Waals surface area contributed by atoms with Gasteiger partial charge >= 0.3 is 0 Å². The van der Waals surface area contributed by atoms with Crippen LogP contribution in [0.2, 0.25) is 10.0 Å². The van der Waals surface area contributed by atoms with E-state index < -0.39 is 0 Å². The number of hydrogen-bond donors (Lipinski definition) is 3. The fourth-order valence-corrected chi connectivity index (χ4v) is 9.24. The van der Waals surface area contributed by atoms with E-state index in [2.05, 4.69) is 67.0 Å². The number of nitrogens with zero attached hydrogens (tertiary/aromatic N) is 7. The van der Waals surface area contributed by atoms with Gasteiger partial charge in [-0.2, -0.15) is 5.10 Å². The number of carbonyl (C=O) groups excluding carboxylic acids is 2. The van der Waals surface area contributed by atoms with Crippen molar-refractivity contribution in [3.8, 4) is 16.9 Å².